The number of amides is 2. The summed E-state index contributed by atoms with van der Waals surface area (Å²) >= 11 is 12.0. The van der Waals surface area contributed by atoms with Gasteiger partial charge >= 0.3 is 0 Å². The van der Waals surface area contributed by atoms with E-state index in [1.807, 2.05) is 0 Å². The van der Waals surface area contributed by atoms with Crippen LogP contribution in [0.2, 0.25) is 10.0 Å². The van der Waals surface area contributed by atoms with Crippen molar-refractivity contribution >= 4 is 50.7 Å². The van der Waals surface area contributed by atoms with Gasteiger partial charge in [-0.1, -0.05) is 47.5 Å². The molecular weight excluding hydrogens is 485 g/mol. The maximum atomic E-state index is 12.8. The molecule has 0 aliphatic carbocycles. The molecule has 1 aliphatic rings. The first-order valence-corrected chi connectivity index (χ1v) is 12.8. The van der Waals surface area contributed by atoms with Crippen molar-refractivity contribution in [1.29, 1.82) is 0 Å². The SMILES string of the molecule is C=CCNC(=O)c1ccccc1NC(=O)C1CCN(S(=O)(=O)Cc2ccc(Cl)cc2Cl)CC1. The molecule has 10 heteroatoms. The molecule has 2 aromatic rings. The van der Waals surface area contributed by atoms with E-state index in [2.05, 4.69) is 17.2 Å². The van der Waals surface area contributed by atoms with Crippen molar-refractivity contribution in [2.45, 2.75) is 18.6 Å². The molecule has 176 valence electrons. The Hall–Kier alpha value is -2.39. The number of nitrogens with zero attached hydrogens (tertiary/aromatic N) is 1. The van der Waals surface area contributed by atoms with Crippen LogP contribution in [0.1, 0.15) is 28.8 Å². The Bertz CT molecular complexity index is 1150. The number of benzene rings is 2. The Kier molecular flexibility index (Phi) is 8.53. The number of sulfonamides is 1. The van der Waals surface area contributed by atoms with E-state index < -0.39 is 10.0 Å². The van der Waals surface area contributed by atoms with Crippen LogP contribution in [0, 0.1) is 5.92 Å². The summed E-state index contributed by atoms with van der Waals surface area (Å²) in [6.45, 7) is 4.34. The van der Waals surface area contributed by atoms with Crippen molar-refractivity contribution in [3.63, 3.8) is 0 Å². The van der Waals surface area contributed by atoms with Gasteiger partial charge in [-0.05, 0) is 42.7 Å². The molecule has 0 saturated carbocycles. The predicted molar refractivity (Wildman–Crippen MR) is 131 cm³/mol. The lowest BCUT2D eigenvalue weighted by molar-refractivity contribution is -0.120. The zero-order valence-electron chi connectivity index (χ0n) is 17.9. The second-order valence-corrected chi connectivity index (χ2v) is 10.5. The predicted octanol–water partition coefficient (Wildman–Crippen LogP) is 4.09. The van der Waals surface area contributed by atoms with E-state index in [1.54, 1.807) is 42.5 Å². The third kappa shape index (κ3) is 6.57. The lowest BCUT2D eigenvalue weighted by Crippen LogP contribution is -2.42. The molecular formula is C23H25Cl2N3O4S. The minimum Gasteiger partial charge on any atom is -0.349 e. The minimum absolute atomic E-state index is 0.229. The monoisotopic (exact) mass is 509 g/mol. The van der Waals surface area contributed by atoms with Gasteiger partial charge in [0, 0.05) is 35.6 Å². The van der Waals surface area contributed by atoms with Crippen LogP contribution >= 0.6 is 23.2 Å². The molecule has 1 fully saturated rings. The molecule has 2 aromatic carbocycles. The number of rotatable bonds is 8. The summed E-state index contributed by atoms with van der Waals surface area (Å²) in [5.74, 6) is -1.14. The van der Waals surface area contributed by atoms with Crippen LogP contribution < -0.4 is 10.6 Å². The molecule has 0 aromatic heterocycles. The number of carbonyl (C=O) groups excluding carboxylic acids is 2. The van der Waals surface area contributed by atoms with E-state index in [9.17, 15) is 18.0 Å². The molecule has 7 nitrogen and oxygen atoms in total. The quantitative estimate of drug-likeness (QED) is 0.523. The van der Waals surface area contributed by atoms with Crippen molar-refractivity contribution in [1.82, 2.24) is 9.62 Å². The average molecular weight is 510 g/mol. The van der Waals surface area contributed by atoms with Crippen LogP contribution in [-0.2, 0) is 20.6 Å². The topological polar surface area (TPSA) is 95.6 Å². The van der Waals surface area contributed by atoms with Crippen LogP contribution in [-0.4, -0.2) is 44.2 Å². The lowest BCUT2D eigenvalue weighted by atomic mass is 9.97. The van der Waals surface area contributed by atoms with Crippen LogP contribution in [0.3, 0.4) is 0 Å². The van der Waals surface area contributed by atoms with Crippen molar-refractivity contribution < 1.29 is 18.0 Å². The summed E-state index contributed by atoms with van der Waals surface area (Å²) in [5, 5.41) is 6.25. The summed E-state index contributed by atoms with van der Waals surface area (Å²) in [6, 6.07) is 11.5. The van der Waals surface area contributed by atoms with Crippen molar-refractivity contribution in [3.05, 3.63) is 76.3 Å². The third-order valence-electron chi connectivity index (χ3n) is 5.41. The van der Waals surface area contributed by atoms with Gasteiger partial charge in [0.25, 0.3) is 5.91 Å². The van der Waals surface area contributed by atoms with E-state index >= 15 is 0 Å². The first-order chi connectivity index (χ1) is 15.7. The van der Waals surface area contributed by atoms with Crippen LogP contribution in [0.25, 0.3) is 0 Å². The molecule has 33 heavy (non-hydrogen) atoms. The molecule has 0 bridgehead atoms. The van der Waals surface area contributed by atoms with Crippen LogP contribution in [0.15, 0.2) is 55.1 Å². The molecule has 3 rings (SSSR count). The number of anilines is 1. The Balaban J connectivity index is 1.60. The molecule has 2 N–H and O–H groups in total. The normalized spacial score (nSPS) is 15.1. The maximum absolute atomic E-state index is 12.8. The molecule has 0 radical (unpaired) electrons. The maximum Gasteiger partial charge on any atom is 0.253 e. The molecule has 0 unspecified atom stereocenters. The number of piperidine rings is 1. The van der Waals surface area contributed by atoms with E-state index in [-0.39, 0.29) is 36.6 Å². The largest absolute Gasteiger partial charge is 0.349 e. The Morgan fingerprint density at radius 1 is 1.12 bits per heavy atom. The fourth-order valence-corrected chi connectivity index (χ4v) is 5.76. The first-order valence-electron chi connectivity index (χ1n) is 10.4. The summed E-state index contributed by atoms with van der Waals surface area (Å²) in [7, 11) is -3.59. The highest BCUT2D eigenvalue weighted by Crippen LogP contribution is 2.27. The van der Waals surface area contributed by atoms with Gasteiger partial charge < -0.3 is 10.6 Å². The zero-order chi connectivity index (χ0) is 24.0. The first kappa shape index (κ1) is 25.2. The second-order valence-electron chi connectivity index (χ2n) is 7.70. The van der Waals surface area contributed by atoms with E-state index in [0.717, 1.165) is 0 Å². The summed E-state index contributed by atoms with van der Waals surface area (Å²) in [5.41, 5.74) is 1.25. The zero-order valence-corrected chi connectivity index (χ0v) is 20.2. The summed E-state index contributed by atoms with van der Waals surface area (Å²) < 4.78 is 27.1. The number of halogens is 2. The number of hydrogen-bond acceptors (Lipinski definition) is 4. The van der Waals surface area contributed by atoms with E-state index in [0.29, 0.717) is 46.2 Å². The molecule has 0 spiro atoms. The molecule has 1 aliphatic heterocycles. The Labute approximate surface area is 203 Å². The highest BCUT2D eigenvalue weighted by atomic mass is 35.5. The van der Waals surface area contributed by atoms with Crippen LogP contribution in [0.5, 0.6) is 0 Å². The van der Waals surface area contributed by atoms with Crippen molar-refractivity contribution in [2.24, 2.45) is 5.92 Å². The van der Waals surface area contributed by atoms with Gasteiger partial charge in [-0.25, -0.2) is 12.7 Å². The lowest BCUT2D eigenvalue weighted by Gasteiger charge is -2.30. The van der Waals surface area contributed by atoms with Crippen molar-refractivity contribution in [2.75, 3.05) is 25.0 Å². The fraction of sp³-hybridized carbons (Fsp3) is 0.304. The highest BCUT2D eigenvalue weighted by Gasteiger charge is 2.32. The van der Waals surface area contributed by atoms with Crippen LogP contribution in [0.4, 0.5) is 5.69 Å². The van der Waals surface area contributed by atoms with Gasteiger partial charge in [0.05, 0.1) is 17.0 Å². The van der Waals surface area contributed by atoms with Crippen molar-refractivity contribution in [3.8, 4) is 0 Å². The van der Waals surface area contributed by atoms with E-state index in [4.69, 9.17) is 23.2 Å². The Morgan fingerprint density at radius 3 is 2.48 bits per heavy atom. The molecule has 1 heterocycles. The number of carbonyl (C=O) groups is 2. The third-order valence-corrected chi connectivity index (χ3v) is 7.82. The fourth-order valence-electron chi connectivity index (χ4n) is 3.61. The van der Waals surface area contributed by atoms with Gasteiger partial charge in [0.1, 0.15) is 0 Å². The molecule has 0 atom stereocenters. The standard InChI is InChI=1S/C23H25Cl2N3O4S/c1-2-11-26-23(30)19-5-3-4-6-21(19)27-22(29)16-9-12-28(13-10-16)33(31,32)15-17-7-8-18(24)14-20(17)25/h2-8,14,16H,1,9-13,15H2,(H,26,30)(H,27,29). The Morgan fingerprint density at radius 2 is 1.82 bits per heavy atom. The van der Waals surface area contributed by atoms with Gasteiger partial charge in [-0.2, -0.15) is 0 Å². The molecule has 1 saturated heterocycles. The molecule has 2 amide bonds. The smallest absolute Gasteiger partial charge is 0.253 e. The summed E-state index contributed by atoms with van der Waals surface area (Å²) in [4.78, 5) is 25.2. The van der Waals surface area contributed by atoms with Gasteiger partial charge in [0.15, 0.2) is 0 Å². The number of hydrogen-bond donors (Lipinski definition) is 2. The average Bonchev–Trinajstić information content (AvgIpc) is 2.79. The second kappa shape index (κ2) is 11.2. The summed E-state index contributed by atoms with van der Waals surface area (Å²) in [6.07, 6.45) is 2.33. The van der Waals surface area contributed by atoms with Gasteiger partial charge in [0.2, 0.25) is 15.9 Å². The van der Waals surface area contributed by atoms with E-state index in [1.165, 1.54) is 10.4 Å². The highest BCUT2D eigenvalue weighted by molar-refractivity contribution is 7.88. The van der Waals surface area contributed by atoms with Gasteiger partial charge in [-0.15, -0.1) is 6.58 Å². The number of nitrogens with one attached hydrogen (secondary N) is 2. The van der Waals surface area contributed by atoms with Gasteiger partial charge in [-0.3, -0.25) is 9.59 Å². The minimum atomic E-state index is -3.59. The number of para-hydroxylation sites is 1.